The van der Waals surface area contributed by atoms with E-state index >= 15 is 0 Å². The van der Waals surface area contributed by atoms with E-state index in [0.29, 0.717) is 17.3 Å². The lowest BCUT2D eigenvalue weighted by atomic mass is 10.4. The average molecular weight is 466 g/mol. The third-order valence-corrected chi connectivity index (χ3v) is 5.61. The van der Waals surface area contributed by atoms with Gasteiger partial charge in [-0.05, 0) is 0 Å². The van der Waals surface area contributed by atoms with Crippen LogP contribution in [0.15, 0.2) is 0 Å². The predicted molar refractivity (Wildman–Crippen MR) is 108 cm³/mol. The molecule has 0 heterocycles. The number of aliphatic hydroxyl groups excluding tert-OH is 2. The van der Waals surface area contributed by atoms with Gasteiger partial charge in [0.2, 0.25) is 0 Å². The molecular formula is C14H31N3O8S3+2. The van der Waals surface area contributed by atoms with Crippen LogP contribution in [0.5, 0.6) is 0 Å². The molecule has 0 aromatic heterocycles. The summed E-state index contributed by atoms with van der Waals surface area (Å²) < 4.78 is 13.7. The lowest BCUT2D eigenvalue weighted by molar-refractivity contribution is -0.401. The van der Waals surface area contributed by atoms with E-state index in [4.69, 9.17) is 25.4 Å². The summed E-state index contributed by atoms with van der Waals surface area (Å²) in [4.78, 5) is 33.0. The van der Waals surface area contributed by atoms with E-state index in [1.165, 1.54) is 28.7 Å². The molecule has 14 heteroatoms. The van der Waals surface area contributed by atoms with Gasteiger partial charge in [-0.2, -0.15) is 12.6 Å². The Morgan fingerprint density at radius 3 is 1.61 bits per heavy atom. The predicted octanol–water partition coefficient (Wildman–Crippen LogP) is -3.92. The second-order valence-electron chi connectivity index (χ2n) is 5.06. The van der Waals surface area contributed by atoms with Crippen LogP contribution in [0.2, 0.25) is 0 Å². The molecule has 0 fully saturated rings. The number of aliphatic hydroxyl groups is 2. The number of carbonyl (C=O) groups is 3. The van der Waals surface area contributed by atoms with Gasteiger partial charge in [-0.1, -0.05) is 21.6 Å². The van der Waals surface area contributed by atoms with Crippen LogP contribution in [-0.2, 0) is 28.6 Å². The fraction of sp³-hybridized carbons (Fsp3) is 0.786. The Morgan fingerprint density at radius 1 is 0.964 bits per heavy atom. The summed E-state index contributed by atoms with van der Waals surface area (Å²) in [6, 6.07) is -1.63. The maximum Gasteiger partial charge on any atom is 0.365 e. The smallest absolute Gasteiger partial charge is 0.365 e. The molecule has 0 aliphatic heterocycles. The van der Waals surface area contributed by atoms with Crippen molar-refractivity contribution in [2.24, 2.45) is 5.73 Å². The molecule has 0 radical (unpaired) electrons. The van der Waals surface area contributed by atoms with Crippen LogP contribution < -0.4 is 17.2 Å². The molecule has 10 N–H and O–H groups in total. The third-order valence-electron chi connectivity index (χ3n) is 2.66. The van der Waals surface area contributed by atoms with E-state index in [1.807, 2.05) is 0 Å². The number of methoxy groups -OCH3 is 1. The van der Waals surface area contributed by atoms with Gasteiger partial charge < -0.3 is 41.6 Å². The minimum Gasteiger partial charge on any atom is -0.468 e. The maximum atomic E-state index is 11.3. The second kappa shape index (κ2) is 19.6. The van der Waals surface area contributed by atoms with Crippen molar-refractivity contribution in [2.45, 2.75) is 18.1 Å². The van der Waals surface area contributed by atoms with Gasteiger partial charge in [-0.3, -0.25) is 4.79 Å². The average Bonchev–Trinajstić information content (AvgIpc) is 2.71. The molecule has 0 bridgehead atoms. The molecule has 0 saturated carbocycles. The highest BCUT2D eigenvalue weighted by molar-refractivity contribution is 8.76. The number of thiol groups is 1. The van der Waals surface area contributed by atoms with Gasteiger partial charge in [0, 0.05) is 5.75 Å². The molecule has 3 atom stereocenters. The van der Waals surface area contributed by atoms with E-state index in [2.05, 4.69) is 28.8 Å². The molecule has 0 aromatic rings. The Balaban J connectivity index is 0. The topological polar surface area (TPSA) is 201 Å². The SMILES string of the molecule is COC(=O)[C@H](N)CS.[NH3+]C(CSSCC([NH3+])C(=O)OCCO)C(=O)OCCO. The van der Waals surface area contributed by atoms with Gasteiger partial charge in [0.25, 0.3) is 0 Å². The first-order chi connectivity index (χ1) is 13.2. The van der Waals surface area contributed by atoms with Crippen molar-refractivity contribution in [1.29, 1.82) is 0 Å². The van der Waals surface area contributed by atoms with Crippen molar-refractivity contribution in [2.75, 3.05) is 50.8 Å². The minimum atomic E-state index is -0.580. The second-order valence-corrected chi connectivity index (χ2v) is 7.97. The Kier molecular flexibility index (Phi) is 20.6. The fourth-order valence-electron chi connectivity index (χ4n) is 1.15. The summed E-state index contributed by atoms with van der Waals surface area (Å²) in [7, 11) is 4.07. The quantitative estimate of drug-likeness (QED) is 0.0510. The number of carbonyl (C=O) groups excluding carboxylic acids is 3. The van der Waals surface area contributed by atoms with Crippen molar-refractivity contribution < 1.29 is 50.3 Å². The van der Waals surface area contributed by atoms with E-state index in [0.717, 1.165) is 0 Å². The zero-order chi connectivity index (χ0) is 21.9. The van der Waals surface area contributed by atoms with Crippen LogP contribution in [0, 0.1) is 0 Å². The van der Waals surface area contributed by atoms with E-state index in [-0.39, 0.29) is 26.4 Å². The van der Waals surface area contributed by atoms with Crippen LogP contribution >= 0.6 is 34.2 Å². The number of ether oxygens (including phenoxy) is 3. The number of rotatable bonds is 13. The molecule has 11 nitrogen and oxygen atoms in total. The third kappa shape index (κ3) is 16.2. The van der Waals surface area contributed by atoms with Gasteiger partial charge in [-0.15, -0.1) is 0 Å². The molecule has 0 saturated heterocycles. The highest BCUT2D eigenvalue weighted by atomic mass is 33.1. The van der Waals surface area contributed by atoms with Crippen molar-refractivity contribution in [3.63, 3.8) is 0 Å². The van der Waals surface area contributed by atoms with Crippen molar-refractivity contribution in [3.05, 3.63) is 0 Å². The van der Waals surface area contributed by atoms with E-state index in [1.54, 1.807) is 0 Å². The Labute approximate surface area is 177 Å². The lowest BCUT2D eigenvalue weighted by Crippen LogP contribution is -2.67. The van der Waals surface area contributed by atoms with Crippen LogP contribution in [-0.4, -0.2) is 97.0 Å². The largest absolute Gasteiger partial charge is 0.468 e. The van der Waals surface area contributed by atoms with Gasteiger partial charge in [0.05, 0.1) is 31.8 Å². The molecule has 0 aliphatic rings. The molecular weight excluding hydrogens is 434 g/mol. The summed E-state index contributed by atoms with van der Waals surface area (Å²) >= 11 is 3.78. The van der Waals surface area contributed by atoms with Crippen LogP contribution in [0.4, 0.5) is 0 Å². The normalized spacial score (nSPS) is 13.4. The van der Waals surface area contributed by atoms with Gasteiger partial charge in [0.15, 0.2) is 12.1 Å². The van der Waals surface area contributed by atoms with Crippen molar-refractivity contribution >= 4 is 52.1 Å². The zero-order valence-electron chi connectivity index (χ0n) is 15.8. The van der Waals surface area contributed by atoms with Gasteiger partial charge in [-0.25, -0.2) is 9.59 Å². The molecule has 28 heavy (non-hydrogen) atoms. The summed E-state index contributed by atoms with van der Waals surface area (Å²) in [6.07, 6.45) is 0. The number of esters is 3. The van der Waals surface area contributed by atoms with Crippen molar-refractivity contribution in [3.8, 4) is 0 Å². The number of hydrogen-bond acceptors (Lipinski definition) is 12. The standard InChI is InChI=1S/C10H20N2O6S2.C4H9NO2S/c11-7(9(15)17-3-1-13)5-19-20-6-8(12)10(16)18-4-2-14;1-7-4(6)3(5)2-8/h7-8,13-14H,1-6,11-12H2;3,8H,2,5H2,1H3/p+2/t;3-/m.1/s1. The monoisotopic (exact) mass is 465 g/mol. The first-order valence-electron chi connectivity index (χ1n) is 8.14. The summed E-state index contributed by atoms with van der Waals surface area (Å²) in [5, 5.41) is 17.0. The number of quaternary nitrogens is 2. The van der Waals surface area contributed by atoms with E-state index in [9.17, 15) is 14.4 Å². The molecule has 166 valence electrons. The van der Waals surface area contributed by atoms with Crippen molar-refractivity contribution in [1.82, 2.24) is 0 Å². The lowest BCUT2D eigenvalue weighted by Gasteiger charge is -2.09. The molecule has 2 unspecified atom stereocenters. The summed E-state index contributed by atoms with van der Waals surface area (Å²) in [5.74, 6) is -0.130. The molecule has 0 aliphatic carbocycles. The molecule has 0 amide bonds. The molecule has 0 aromatic carbocycles. The minimum absolute atomic E-state index is 0.0275. The van der Waals surface area contributed by atoms with Crippen LogP contribution in [0.1, 0.15) is 0 Å². The van der Waals surface area contributed by atoms with Crippen LogP contribution in [0.3, 0.4) is 0 Å². The first-order valence-corrected chi connectivity index (χ1v) is 11.3. The Morgan fingerprint density at radius 2 is 1.36 bits per heavy atom. The number of hydrogen-bond donors (Lipinski definition) is 6. The zero-order valence-corrected chi connectivity index (χ0v) is 18.3. The van der Waals surface area contributed by atoms with E-state index < -0.39 is 36.0 Å². The van der Waals surface area contributed by atoms with Crippen LogP contribution in [0.25, 0.3) is 0 Å². The Hall–Kier alpha value is -0.740. The highest BCUT2D eigenvalue weighted by Gasteiger charge is 2.21. The number of nitrogens with two attached hydrogens (primary N) is 1. The molecule has 0 rings (SSSR count). The first kappa shape index (κ1) is 29.5. The molecule has 0 spiro atoms. The van der Waals surface area contributed by atoms with Gasteiger partial charge >= 0.3 is 17.9 Å². The fourth-order valence-corrected chi connectivity index (χ4v) is 3.66. The Bertz CT molecular complexity index is 420. The maximum absolute atomic E-state index is 11.3. The summed E-state index contributed by atoms with van der Waals surface area (Å²) in [6.45, 7) is -0.473. The summed E-state index contributed by atoms with van der Waals surface area (Å²) in [5.41, 5.74) is 12.5. The highest BCUT2D eigenvalue weighted by Crippen LogP contribution is 2.21. The van der Waals surface area contributed by atoms with Gasteiger partial charge in [0.1, 0.15) is 19.3 Å².